The summed E-state index contributed by atoms with van der Waals surface area (Å²) in [4.78, 5) is 13.6. The molecule has 1 aliphatic carbocycles. The van der Waals surface area contributed by atoms with Crippen molar-refractivity contribution >= 4 is 5.97 Å². The fraction of sp³-hybridized carbons (Fsp3) is 0.611. The van der Waals surface area contributed by atoms with E-state index in [9.17, 15) is 9.90 Å². The van der Waals surface area contributed by atoms with E-state index in [2.05, 4.69) is 18.9 Å². The maximum Gasteiger partial charge on any atom is 0.335 e. The van der Waals surface area contributed by atoms with Gasteiger partial charge in [-0.15, -0.1) is 0 Å². The molecule has 2 unspecified atom stereocenters. The molecule has 3 heteroatoms. The van der Waals surface area contributed by atoms with Crippen LogP contribution in [-0.2, 0) is 6.42 Å². The maximum atomic E-state index is 11.2. The molecule has 2 rings (SSSR count). The minimum absolute atomic E-state index is 0.442. The molecule has 0 spiro atoms. The number of benzene rings is 1. The van der Waals surface area contributed by atoms with Gasteiger partial charge in [-0.05, 0) is 49.8 Å². The van der Waals surface area contributed by atoms with E-state index in [4.69, 9.17) is 0 Å². The highest BCUT2D eigenvalue weighted by Gasteiger charge is 2.20. The summed E-state index contributed by atoms with van der Waals surface area (Å²) in [6, 6.07) is 7.34. The molecule has 1 saturated carbocycles. The molecule has 0 bridgehead atoms. The summed E-state index contributed by atoms with van der Waals surface area (Å²) >= 11 is 0. The van der Waals surface area contributed by atoms with Crippen molar-refractivity contribution in [3.63, 3.8) is 0 Å². The Morgan fingerprint density at radius 3 is 2.81 bits per heavy atom. The highest BCUT2D eigenvalue weighted by Crippen LogP contribution is 2.28. The summed E-state index contributed by atoms with van der Waals surface area (Å²) in [5, 5.41) is 9.21. The van der Waals surface area contributed by atoms with E-state index in [-0.39, 0.29) is 0 Å². The van der Waals surface area contributed by atoms with Crippen molar-refractivity contribution < 1.29 is 9.90 Å². The lowest BCUT2D eigenvalue weighted by Crippen LogP contribution is -2.30. The van der Waals surface area contributed by atoms with Gasteiger partial charge in [0.2, 0.25) is 0 Å². The number of hydrogen-bond donors (Lipinski definition) is 1. The molecule has 1 fully saturated rings. The lowest BCUT2D eigenvalue weighted by molar-refractivity contribution is 0.0695. The van der Waals surface area contributed by atoms with E-state index in [1.54, 1.807) is 12.1 Å². The van der Waals surface area contributed by atoms with Gasteiger partial charge < -0.3 is 10.0 Å². The number of carboxylic acids is 1. The molecule has 3 nitrogen and oxygen atoms in total. The number of carboxylic acid groups (broad SMARTS) is 1. The largest absolute Gasteiger partial charge is 0.478 e. The average Bonchev–Trinajstić information content (AvgIpc) is 2.45. The standard InChI is InChI=1S/C18H27NO2/c1-14-6-5-7-15(12-14)13-19(2)11-10-16-8-3-4-9-17(16)18(20)21/h3-4,8-9,14-15H,5-7,10-13H2,1-2H3,(H,20,21). The Hall–Kier alpha value is -1.35. The number of aromatic carboxylic acids is 1. The fourth-order valence-corrected chi connectivity index (χ4v) is 3.52. The first-order valence-electron chi connectivity index (χ1n) is 8.06. The van der Waals surface area contributed by atoms with Crippen LogP contribution >= 0.6 is 0 Å². The van der Waals surface area contributed by atoms with Crippen molar-refractivity contribution in [1.82, 2.24) is 4.90 Å². The lowest BCUT2D eigenvalue weighted by atomic mass is 9.82. The van der Waals surface area contributed by atoms with Crippen molar-refractivity contribution in [3.05, 3.63) is 35.4 Å². The molecule has 21 heavy (non-hydrogen) atoms. The normalized spacial score (nSPS) is 22.4. The monoisotopic (exact) mass is 289 g/mol. The third kappa shape index (κ3) is 4.85. The average molecular weight is 289 g/mol. The molecule has 1 aromatic rings. The molecule has 1 N–H and O–H groups in total. The molecule has 0 heterocycles. The van der Waals surface area contributed by atoms with Crippen LogP contribution in [0.3, 0.4) is 0 Å². The number of hydrogen-bond acceptors (Lipinski definition) is 2. The molecular weight excluding hydrogens is 262 g/mol. The SMILES string of the molecule is CC1CCCC(CN(C)CCc2ccccc2C(=O)O)C1. The Morgan fingerprint density at radius 2 is 2.10 bits per heavy atom. The van der Waals surface area contributed by atoms with Crippen molar-refractivity contribution in [2.24, 2.45) is 11.8 Å². The smallest absolute Gasteiger partial charge is 0.335 e. The van der Waals surface area contributed by atoms with Gasteiger partial charge in [-0.1, -0.05) is 38.0 Å². The first-order valence-corrected chi connectivity index (χ1v) is 8.06. The van der Waals surface area contributed by atoms with Crippen LogP contribution in [0.15, 0.2) is 24.3 Å². The Bertz CT molecular complexity index is 472. The Balaban J connectivity index is 1.84. The first-order chi connectivity index (χ1) is 10.1. The van der Waals surface area contributed by atoms with Gasteiger partial charge in [0.05, 0.1) is 5.56 Å². The van der Waals surface area contributed by atoms with Gasteiger partial charge in [-0.2, -0.15) is 0 Å². The zero-order chi connectivity index (χ0) is 15.2. The third-order valence-corrected chi connectivity index (χ3v) is 4.63. The van der Waals surface area contributed by atoms with E-state index in [1.807, 2.05) is 12.1 Å². The van der Waals surface area contributed by atoms with Gasteiger partial charge in [0.25, 0.3) is 0 Å². The molecule has 116 valence electrons. The van der Waals surface area contributed by atoms with Gasteiger partial charge in [-0.3, -0.25) is 0 Å². The minimum Gasteiger partial charge on any atom is -0.478 e. The van der Waals surface area contributed by atoms with Crippen molar-refractivity contribution in [1.29, 1.82) is 0 Å². The molecule has 0 aromatic heterocycles. The third-order valence-electron chi connectivity index (χ3n) is 4.63. The number of nitrogens with zero attached hydrogens (tertiary/aromatic N) is 1. The van der Waals surface area contributed by atoms with Gasteiger partial charge in [-0.25, -0.2) is 4.79 Å². The summed E-state index contributed by atoms with van der Waals surface area (Å²) < 4.78 is 0. The Kier molecular flexibility index (Phi) is 5.80. The number of rotatable bonds is 6. The van der Waals surface area contributed by atoms with E-state index in [1.165, 1.54) is 25.7 Å². The Morgan fingerprint density at radius 1 is 1.33 bits per heavy atom. The van der Waals surface area contributed by atoms with Crippen LogP contribution in [-0.4, -0.2) is 36.1 Å². The van der Waals surface area contributed by atoms with Crippen LogP contribution in [0.5, 0.6) is 0 Å². The van der Waals surface area contributed by atoms with E-state index < -0.39 is 5.97 Å². The maximum absolute atomic E-state index is 11.2. The summed E-state index contributed by atoms with van der Waals surface area (Å²) in [7, 11) is 2.16. The predicted molar refractivity (Wildman–Crippen MR) is 85.7 cm³/mol. The molecule has 0 saturated heterocycles. The molecular formula is C18H27NO2. The van der Waals surface area contributed by atoms with Crippen molar-refractivity contribution in [2.75, 3.05) is 20.1 Å². The van der Waals surface area contributed by atoms with Crippen molar-refractivity contribution in [2.45, 2.75) is 39.0 Å². The van der Waals surface area contributed by atoms with Gasteiger partial charge in [0.15, 0.2) is 0 Å². The molecule has 0 aliphatic heterocycles. The first kappa shape index (κ1) is 16.0. The van der Waals surface area contributed by atoms with E-state index >= 15 is 0 Å². The topological polar surface area (TPSA) is 40.5 Å². The number of likely N-dealkylation sites (N-methyl/N-ethyl adjacent to an activating group) is 1. The van der Waals surface area contributed by atoms with Gasteiger partial charge in [0.1, 0.15) is 0 Å². The summed E-state index contributed by atoms with van der Waals surface area (Å²) in [5.74, 6) is 0.854. The van der Waals surface area contributed by atoms with Crippen LogP contribution < -0.4 is 0 Å². The summed E-state index contributed by atoms with van der Waals surface area (Å²) in [6.07, 6.45) is 6.24. The molecule has 1 aromatic carbocycles. The van der Waals surface area contributed by atoms with Gasteiger partial charge in [0, 0.05) is 13.1 Å². The molecule has 2 atom stereocenters. The van der Waals surface area contributed by atoms with Crippen LogP contribution in [0.4, 0.5) is 0 Å². The zero-order valence-electron chi connectivity index (χ0n) is 13.2. The van der Waals surface area contributed by atoms with Crippen molar-refractivity contribution in [3.8, 4) is 0 Å². The summed E-state index contributed by atoms with van der Waals surface area (Å²) in [6.45, 7) is 4.42. The van der Waals surface area contributed by atoms with E-state index in [0.717, 1.165) is 36.9 Å². The van der Waals surface area contributed by atoms with Crippen LogP contribution in [0.2, 0.25) is 0 Å². The van der Waals surface area contributed by atoms with Crippen LogP contribution in [0.1, 0.15) is 48.5 Å². The highest BCUT2D eigenvalue weighted by molar-refractivity contribution is 5.89. The predicted octanol–water partition coefficient (Wildman–Crippen LogP) is 3.69. The van der Waals surface area contributed by atoms with Gasteiger partial charge >= 0.3 is 5.97 Å². The second-order valence-electron chi connectivity index (χ2n) is 6.61. The number of carbonyl (C=O) groups is 1. The fourth-order valence-electron chi connectivity index (χ4n) is 3.52. The zero-order valence-corrected chi connectivity index (χ0v) is 13.2. The molecule has 0 amide bonds. The highest BCUT2D eigenvalue weighted by atomic mass is 16.4. The van der Waals surface area contributed by atoms with E-state index in [0.29, 0.717) is 5.56 Å². The molecule has 0 radical (unpaired) electrons. The Labute approximate surface area is 128 Å². The summed E-state index contributed by atoms with van der Waals surface area (Å²) in [5.41, 5.74) is 1.38. The van der Waals surface area contributed by atoms with Crippen LogP contribution in [0.25, 0.3) is 0 Å². The second-order valence-corrected chi connectivity index (χ2v) is 6.61. The minimum atomic E-state index is -0.825. The lowest BCUT2D eigenvalue weighted by Gasteiger charge is -2.30. The molecule has 1 aliphatic rings. The second kappa shape index (κ2) is 7.60. The van der Waals surface area contributed by atoms with Crippen LogP contribution in [0, 0.1) is 11.8 Å². The quantitative estimate of drug-likeness (QED) is 0.868.